The Morgan fingerprint density at radius 2 is 2.00 bits per heavy atom. The molecule has 0 atom stereocenters. The molecule has 9 heteroatoms. The maximum atomic E-state index is 9.10. The highest BCUT2D eigenvalue weighted by molar-refractivity contribution is 7.99. The largest absolute Gasteiger partial charge is 0.473 e. The van der Waals surface area contributed by atoms with Crippen molar-refractivity contribution < 1.29 is 19.8 Å². The lowest BCUT2D eigenvalue weighted by atomic mass is 10.1. The summed E-state index contributed by atoms with van der Waals surface area (Å²) in [5, 5.41) is 15.9. The number of aromatic nitrogens is 2. The maximum Gasteiger partial charge on any atom is 0.414 e. The van der Waals surface area contributed by atoms with E-state index in [1.807, 2.05) is 0 Å². The smallest absolute Gasteiger partial charge is 0.414 e. The van der Waals surface area contributed by atoms with E-state index in [4.69, 9.17) is 19.8 Å². The Kier molecular flexibility index (Phi) is 8.07. The van der Waals surface area contributed by atoms with Gasteiger partial charge in [0.15, 0.2) is 0 Å². The van der Waals surface area contributed by atoms with Crippen molar-refractivity contribution in [2.75, 3.05) is 25.4 Å². The van der Waals surface area contributed by atoms with Crippen molar-refractivity contribution in [1.29, 1.82) is 0 Å². The zero-order valence-corrected chi connectivity index (χ0v) is 14.1. The van der Waals surface area contributed by atoms with Crippen LogP contribution in [0.3, 0.4) is 0 Å². The van der Waals surface area contributed by atoms with Crippen LogP contribution in [0.15, 0.2) is 11.1 Å². The molecule has 1 aromatic heterocycles. The van der Waals surface area contributed by atoms with Gasteiger partial charge in [0, 0.05) is 13.1 Å². The average Bonchev–Trinajstić information content (AvgIpc) is 2.96. The zero-order chi connectivity index (χ0) is 16.5. The molecule has 2 heterocycles. The van der Waals surface area contributed by atoms with Gasteiger partial charge < -0.3 is 10.2 Å². The standard InChI is InChI=1S/C11H17N3S2.C2H2O4/c1-3-14-7-5-6-9(8-14)10-11(15-4-2)13-16-12-10;3-1(4)2(5)6/h6H,3-5,7-8H2,1-2H3;(H,3,4)(H,5,6). The van der Waals surface area contributed by atoms with Crippen molar-refractivity contribution in [3.05, 3.63) is 11.8 Å². The molecule has 0 saturated carbocycles. The first-order valence-electron chi connectivity index (χ1n) is 6.82. The van der Waals surface area contributed by atoms with Gasteiger partial charge in [-0.25, -0.2) is 9.59 Å². The van der Waals surface area contributed by atoms with Crippen LogP contribution in [0.2, 0.25) is 0 Å². The Bertz CT molecular complexity index is 533. The highest BCUT2D eigenvalue weighted by Crippen LogP contribution is 2.28. The lowest BCUT2D eigenvalue weighted by molar-refractivity contribution is -0.159. The van der Waals surface area contributed by atoms with Gasteiger partial charge in [-0.05, 0) is 24.3 Å². The number of hydrogen-bond donors (Lipinski definition) is 2. The third-order valence-corrected chi connectivity index (χ3v) is 4.39. The molecule has 0 fully saturated rings. The molecule has 1 aliphatic rings. The fourth-order valence-corrected chi connectivity index (χ4v) is 3.30. The summed E-state index contributed by atoms with van der Waals surface area (Å²) >= 11 is 3.12. The molecule has 0 spiro atoms. The van der Waals surface area contributed by atoms with Crippen molar-refractivity contribution in [1.82, 2.24) is 13.6 Å². The molecule has 22 heavy (non-hydrogen) atoms. The number of carboxylic acids is 2. The highest BCUT2D eigenvalue weighted by Gasteiger charge is 2.18. The van der Waals surface area contributed by atoms with Crippen molar-refractivity contribution in [2.45, 2.75) is 25.3 Å². The number of hydrogen-bond acceptors (Lipinski definition) is 7. The van der Waals surface area contributed by atoms with E-state index in [0.29, 0.717) is 0 Å². The van der Waals surface area contributed by atoms with E-state index in [1.54, 1.807) is 11.8 Å². The maximum absolute atomic E-state index is 9.10. The fraction of sp³-hybridized carbons (Fsp3) is 0.538. The summed E-state index contributed by atoms with van der Waals surface area (Å²) in [5.74, 6) is -2.59. The molecule has 0 saturated heterocycles. The molecule has 1 aliphatic heterocycles. The molecule has 0 radical (unpaired) electrons. The molecular weight excluding hydrogens is 326 g/mol. The lowest BCUT2D eigenvalue weighted by Gasteiger charge is -2.25. The SMILES string of the molecule is CCSc1nsnc1C1=CCCN(CC)C1.O=C(O)C(=O)O. The number of aliphatic carboxylic acids is 2. The van der Waals surface area contributed by atoms with E-state index in [2.05, 4.69) is 33.6 Å². The second kappa shape index (κ2) is 9.54. The van der Waals surface area contributed by atoms with Crippen LogP contribution in [-0.4, -0.2) is 61.2 Å². The summed E-state index contributed by atoms with van der Waals surface area (Å²) in [6, 6.07) is 0. The molecule has 7 nitrogen and oxygen atoms in total. The second-order valence-corrected chi connectivity index (χ2v) is 6.13. The summed E-state index contributed by atoms with van der Waals surface area (Å²) in [4.78, 5) is 20.7. The van der Waals surface area contributed by atoms with Crippen LogP contribution in [0.25, 0.3) is 5.57 Å². The number of carboxylic acid groups (broad SMARTS) is 2. The number of nitrogens with zero attached hydrogens (tertiary/aromatic N) is 3. The molecule has 0 bridgehead atoms. The van der Waals surface area contributed by atoms with Gasteiger partial charge in [0.25, 0.3) is 0 Å². The van der Waals surface area contributed by atoms with Crippen LogP contribution in [0.4, 0.5) is 0 Å². The van der Waals surface area contributed by atoms with Crippen LogP contribution < -0.4 is 0 Å². The van der Waals surface area contributed by atoms with Gasteiger partial charge in [-0.15, -0.1) is 11.8 Å². The molecule has 1 aromatic rings. The molecule has 0 aromatic carbocycles. The topological polar surface area (TPSA) is 104 Å². The minimum absolute atomic E-state index is 1.03. The quantitative estimate of drug-likeness (QED) is 0.630. The predicted molar refractivity (Wildman–Crippen MR) is 86.3 cm³/mol. The molecular formula is C13H19N3O4S2. The monoisotopic (exact) mass is 345 g/mol. The number of rotatable bonds is 4. The molecule has 122 valence electrons. The average molecular weight is 345 g/mol. The van der Waals surface area contributed by atoms with E-state index >= 15 is 0 Å². The Hall–Kier alpha value is -1.45. The minimum atomic E-state index is -1.82. The van der Waals surface area contributed by atoms with Gasteiger partial charge in [0.05, 0.1) is 11.7 Å². The Balaban J connectivity index is 0.000000346. The summed E-state index contributed by atoms with van der Waals surface area (Å²) in [7, 11) is 0. The molecule has 0 aliphatic carbocycles. The lowest BCUT2D eigenvalue weighted by Crippen LogP contribution is -2.29. The van der Waals surface area contributed by atoms with E-state index in [0.717, 1.165) is 36.0 Å². The first-order valence-corrected chi connectivity index (χ1v) is 8.54. The van der Waals surface area contributed by atoms with Crippen LogP contribution >= 0.6 is 23.5 Å². The number of thioether (sulfide) groups is 1. The van der Waals surface area contributed by atoms with Gasteiger partial charge in [-0.3, -0.25) is 4.90 Å². The van der Waals surface area contributed by atoms with E-state index in [9.17, 15) is 0 Å². The van der Waals surface area contributed by atoms with Gasteiger partial charge in [-0.1, -0.05) is 19.9 Å². The van der Waals surface area contributed by atoms with Gasteiger partial charge >= 0.3 is 11.9 Å². The second-order valence-electron chi connectivity index (χ2n) is 4.35. The summed E-state index contributed by atoms with van der Waals surface area (Å²) < 4.78 is 8.81. The van der Waals surface area contributed by atoms with Gasteiger partial charge in [0.1, 0.15) is 10.7 Å². The van der Waals surface area contributed by atoms with Crippen LogP contribution in [0.5, 0.6) is 0 Å². The van der Waals surface area contributed by atoms with E-state index in [1.165, 1.54) is 23.8 Å². The number of likely N-dealkylation sites (N-methyl/N-ethyl adjacent to an activating group) is 1. The fourth-order valence-electron chi connectivity index (χ4n) is 1.86. The Labute approximate surface area is 137 Å². The zero-order valence-electron chi connectivity index (χ0n) is 12.5. The Morgan fingerprint density at radius 3 is 2.55 bits per heavy atom. The highest BCUT2D eigenvalue weighted by atomic mass is 32.2. The molecule has 0 amide bonds. The first kappa shape index (κ1) is 18.6. The van der Waals surface area contributed by atoms with E-state index in [-0.39, 0.29) is 0 Å². The van der Waals surface area contributed by atoms with Crippen molar-refractivity contribution in [2.24, 2.45) is 0 Å². The van der Waals surface area contributed by atoms with Crippen molar-refractivity contribution >= 4 is 41.0 Å². The normalized spacial score (nSPS) is 14.7. The predicted octanol–water partition coefficient (Wildman–Crippen LogP) is 1.91. The van der Waals surface area contributed by atoms with Gasteiger partial charge in [-0.2, -0.15) is 8.75 Å². The number of carbonyl (C=O) groups is 2. The van der Waals surface area contributed by atoms with Crippen molar-refractivity contribution in [3.8, 4) is 0 Å². The van der Waals surface area contributed by atoms with Crippen LogP contribution in [0.1, 0.15) is 26.0 Å². The minimum Gasteiger partial charge on any atom is -0.473 e. The molecule has 2 rings (SSSR count). The Morgan fingerprint density at radius 1 is 1.32 bits per heavy atom. The summed E-state index contributed by atoms with van der Waals surface area (Å²) in [5.41, 5.74) is 2.48. The molecule has 2 N–H and O–H groups in total. The third-order valence-electron chi connectivity index (χ3n) is 2.90. The summed E-state index contributed by atoms with van der Waals surface area (Å²) in [6.07, 6.45) is 3.46. The van der Waals surface area contributed by atoms with Gasteiger partial charge in [0.2, 0.25) is 0 Å². The first-order chi connectivity index (χ1) is 10.5. The van der Waals surface area contributed by atoms with Crippen molar-refractivity contribution in [3.63, 3.8) is 0 Å². The molecule has 0 unspecified atom stereocenters. The van der Waals surface area contributed by atoms with Crippen LogP contribution in [0, 0.1) is 0 Å². The summed E-state index contributed by atoms with van der Waals surface area (Å²) in [6.45, 7) is 7.68. The van der Waals surface area contributed by atoms with E-state index < -0.39 is 11.9 Å². The third kappa shape index (κ3) is 5.74. The van der Waals surface area contributed by atoms with Crippen LogP contribution in [-0.2, 0) is 9.59 Å².